The molecule has 32 heavy (non-hydrogen) atoms. The maximum Gasteiger partial charge on any atom is 0.239 e. The molecule has 1 saturated heterocycles. The summed E-state index contributed by atoms with van der Waals surface area (Å²) in [6.07, 6.45) is 0.893. The second-order valence-electron chi connectivity index (χ2n) is 8.58. The summed E-state index contributed by atoms with van der Waals surface area (Å²) < 4.78 is 5.50. The van der Waals surface area contributed by atoms with E-state index in [2.05, 4.69) is 0 Å². The van der Waals surface area contributed by atoms with Gasteiger partial charge in [0.15, 0.2) is 0 Å². The van der Waals surface area contributed by atoms with Crippen LogP contribution in [0.4, 0.5) is 5.69 Å². The van der Waals surface area contributed by atoms with Gasteiger partial charge in [-0.2, -0.15) is 0 Å². The second kappa shape index (κ2) is 6.63. The van der Waals surface area contributed by atoms with Gasteiger partial charge >= 0.3 is 0 Å². The minimum atomic E-state index is -1.17. The Morgan fingerprint density at radius 1 is 0.875 bits per heavy atom. The van der Waals surface area contributed by atoms with Gasteiger partial charge in [0.1, 0.15) is 12.0 Å². The number of aldehydes is 1. The molecule has 3 aromatic rings. The van der Waals surface area contributed by atoms with E-state index in [1.807, 2.05) is 55.5 Å². The van der Waals surface area contributed by atoms with Crippen molar-refractivity contribution < 1.29 is 19.1 Å². The lowest BCUT2D eigenvalue weighted by Gasteiger charge is -2.51. The van der Waals surface area contributed by atoms with Crippen LogP contribution in [0.2, 0.25) is 0 Å². The molecule has 0 radical (unpaired) electrons. The van der Waals surface area contributed by atoms with Gasteiger partial charge in [0, 0.05) is 5.92 Å². The maximum absolute atomic E-state index is 13.8. The SMILES string of the molecule is CCOc1ccc(N2C(=O)C3[C@@H](C2=O)C2c4ccccc4C3(C=O)c3ccccc32)cc1. The molecule has 5 nitrogen and oxygen atoms in total. The number of imide groups is 1. The van der Waals surface area contributed by atoms with E-state index >= 15 is 0 Å². The number of carbonyl (C=O) groups is 3. The van der Waals surface area contributed by atoms with Crippen molar-refractivity contribution in [1.29, 1.82) is 0 Å². The van der Waals surface area contributed by atoms with Gasteiger partial charge in [-0.25, -0.2) is 4.90 Å². The first-order valence-corrected chi connectivity index (χ1v) is 10.9. The van der Waals surface area contributed by atoms with Crippen LogP contribution in [0.15, 0.2) is 72.8 Å². The first kappa shape index (κ1) is 19.0. The zero-order valence-electron chi connectivity index (χ0n) is 17.5. The number of benzene rings is 3. The average molecular weight is 423 g/mol. The van der Waals surface area contributed by atoms with E-state index in [-0.39, 0.29) is 17.7 Å². The summed E-state index contributed by atoms with van der Waals surface area (Å²) in [4.78, 5) is 41.8. The standard InChI is InChI=1S/C27H21NO4/c1-2-32-17-13-11-16(12-14-17)28-25(30)23-22-18-7-3-5-9-20(18)27(15-29,24(23)26(28)31)21-10-6-4-8-19(21)22/h3-15,22-24H,2H2,1H3/t22?,23-,24?,27?/m0/s1. The van der Waals surface area contributed by atoms with E-state index in [9.17, 15) is 14.4 Å². The van der Waals surface area contributed by atoms with Gasteiger partial charge < -0.3 is 9.53 Å². The highest BCUT2D eigenvalue weighted by Crippen LogP contribution is 2.63. The Hall–Kier alpha value is -3.73. The van der Waals surface area contributed by atoms with Crippen LogP contribution in [-0.4, -0.2) is 24.7 Å². The molecular formula is C27H21NO4. The van der Waals surface area contributed by atoms with Crippen LogP contribution in [0.3, 0.4) is 0 Å². The molecule has 3 aromatic carbocycles. The van der Waals surface area contributed by atoms with Crippen molar-refractivity contribution in [2.24, 2.45) is 11.8 Å². The molecule has 0 saturated carbocycles. The lowest BCUT2D eigenvalue weighted by molar-refractivity contribution is -0.128. The van der Waals surface area contributed by atoms with Gasteiger partial charge in [-0.3, -0.25) is 9.59 Å². The van der Waals surface area contributed by atoms with Gasteiger partial charge in [0.25, 0.3) is 0 Å². The molecule has 2 bridgehead atoms. The number of nitrogens with zero attached hydrogens (tertiary/aromatic N) is 1. The molecular weight excluding hydrogens is 402 g/mol. The van der Waals surface area contributed by atoms with Gasteiger partial charge in [0.05, 0.1) is 29.5 Å². The predicted octanol–water partition coefficient (Wildman–Crippen LogP) is 3.84. The fourth-order valence-corrected chi connectivity index (χ4v) is 6.14. The van der Waals surface area contributed by atoms with Crippen LogP contribution in [0.25, 0.3) is 0 Å². The molecule has 1 fully saturated rings. The molecule has 0 spiro atoms. The molecule has 4 aliphatic rings. The van der Waals surface area contributed by atoms with E-state index in [4.69, 9.17) is 4.74 Å². The van der Waals surface area contributed by atoms with Crippen molar-refractivity contribution in [3.8, 4) is 5.75 Å². The summed E-state index contributed by atoms with van der Waals surface area (Å²) in [5, 5.41) is 0. The molecule has 0 N–H and O–H groups in total. The first-order valence-electron chi connectivity index (χ1n) is 10.9. The normalized spacial score (nSPS) is 27.0. The molecule has 5 heteroatoms. The monoisotopic (exact) mass is 423 g/mol. The van der Waals surface area contributed by atoms with Crippen molar-refractivity contribution in [3.05, 3.63) is 95.1 Å². The zero-order valence-corrected chi connectivity index (χ0v) is 17.5. The van der Waals surface area contributed by atoms with E-state index < -0.39 is 17.3 Å². The van der Waals surface area contributed by atoms with E-state index in [1.54, 1.807) is 24.3 Å². The van der Waals surface area contributed by atoms with Crippen LogP contribution in [0.5, 0.6) is 5.75 Å². The molecule has 158 valence electrons. The fraction of sp³-hybridized carbons (Fsp3) is 0.222. The van der Waals surface area contributed by atoms with Gasteiger partial charge in [-0.1, -0.05) is 48.5 Å². The third kappa shape index (κ3) is 2.15. The van der Waals surface area contributed by atoms with E-state index in [0.29, 0.717) is 18.0 Å². The molecule has 7 rings (SSSR count). The summed E-state index contributed by atoms with van der Waals surface area (Å²) in [7, 11) is 0. The Morgan fingerprint density at radius 3 is 2.03 bits per heavy atom. The smallest absolute Gasteiger partial charge is 0.239 e. The van der Waals surface area contributed by atoms with Gasteiger partial charge in [0.2, 0.25) is 11.8 Å². The molecule has 1 heterocycles. The van der Waals surface area contributed by atoms with E-state index in [1.165, 1.54) is 4.90 Å². The van der Waals surface area contributed by atoms with Crippen molar-refractivity contribution in [2.75, 3.05) is 11.5 Å². The number of amides is 2. The number of anilines is 1. The Morgan fingerprint density at radius 2 is 1.47 bits per heavy atom. The molecule has 2 amide bonds. The van der Waals surface area contributed by atoms with Crippen molar-refractivity contribution in [2.45, 2.75) is 18.3 Å². The van der Waals surface area contributed by atoms with Crippen LogP contribution >= 0.6 is 0 Å². The highest BCUT2D eigenvalue weighted by Gasteiger charge is 2.68. The van der Waals surface area contributed by atoms with Crippen molar-refractivity contribution in [3.63, 3.8) is 0 Å². The highest BCUT2D eigenvalue weighted by atomic mass is 16.5. The number of carbonyl (C=O) groups excluding carboxylic acids is 3. The quantitative estimate of drug-likeness (QED) is 0.473. The van der Waals surface area contributed by atoms with Crippen LogP contribution in [0, 0.1) is 11.8 Å². The molecule has 1 unspecified atom stereocenters. The number of hydrogen-bond donors (Lipinski definition) is 0. The van der Waals surface area contributed by atoms with Gasteiger partial charge in [-0.05, 0) is 53.4 Å². The summed E-state index contributed by atoms with van der Waals surface area (Å²) >= 11 is 0. The van der Waals surface area contributed by atoms with Crippen LogP contribution in [-0.2, 0) is 19.8 Å². The summed E-state index contributed by atoms with van der Waals surface area (Å²) in [5.74, 6) is -1.50. The molecule has 1 aliphatic heterocycles. The minimum Gasteiger partial charge on any atom is -0.494 e. The lowest BCUT2D eigenvalue weighted by atomic mass is 9.48. The van der Waals surface area contributed by atoms with Crippen molar-refractivity contribution in [1.82, 2.24) is 0 Å². The van der Waals surface area contributed by atoms with Gasteiger partial charge in [-0.15, -0.1) is 0 Å². The topological polar surface area (TPSA) is 63.7 Å². The lowest BCUT2D eigenvalue weighted by Crippen LogP contribution is -2.54. The number of rotatable bonds is 4. The Bertz CT molecular complexity index is 1230. The molecule has 2 atom stereocenters. The summed E-state index contributed by atoms with van der Waals surface area (Å²) in [6.45, 7) is 2.43. The largest absolute Gasteiger partial charge is 0.494 e. The van der Waals surface area contributed by atoms with Crippen molar-refractivity contribution >= 4 is 23.8 Å². The van der Waals surface area contributed by atoms with Crippen LogP contribution in [0.1, 0.15) is 35.1 Å². The summed E-state index contributed by atoms with van der Waals surface area (Å²) in [5.41, 5.74) is 2.96. The fourth-order valence-electron chi connectivity index (χ4n) is 6.14. The Balaban J connectivity index is 1.56. The molecule has 0 aromatic heterocycles. The predicted molar refractivity (Wildman–Crippen MR) is 119 cm³/mol. The third-order valence-corrected chi connectivity index (χ3v) is 7.28. The summed E-state index contributed by atoms with van der Waals surface area (Å²) in [6, 6.07) is 22.5. The average Bonchev–Trinajstić information content (AvgIpc) is 3.11. The second-order valence-corrected chi connectivity index (χ2v) is 8.58. The third-order valence-electron chi connectivity index (χ3n) is 7.28. The van der Waals surface area contributed by atoms with Crippen LogP contribution < -0.4 is 9.64 Å². The minimum absolute atomic E-state index is 0.246. The maximum atomic E-state index is 13.8. The Kier molecular flexibility index (Phi) is 3.94. The first-order chi connectivity index (χ1) is 15.6. The highest BCUT2D eigenvalue weighted by molar-refractivity contribution is 6.24. The molecule has 3 aliphatic carbocycles. The number of ether oxygens (including phenoxy) is 1. The van der Waals surface area contributed by atoms with E-state index in [0.717, 1.165) is 28.5 Å². The Labute approximate surface area is 185 Å². The number of hydrogen-bond acceptors (Lipinski definition) is 4. The zero-order chi connectivity index (χ0) is 22.0.